The van der Waals surface area contributed by atoms with Gasteiger partial charge < -0.3 is 5.32 Å². The Morgan fingerprint density at radius 2 is 1.92 bits per heavy atom. The first-order chi connectivity index (χ1) is 6.15. The van der Waals surface area contributed by atoms with E-state index in [1.165, 1.54) is 21.2 Å². The molecule has 0 saturated carbocycles. The van der Waals surface area contributed by atoms with Gasteiger partial charge in [-0.2, -0.15) is 0 Å². The Kier molecular flexibility index (Phi) is 3.94. The molecule has 0 aliphatic rings. The zero-order valence-electron chi connectivity index (χ0n) is 8.45. The SMILES string of the molecule is CNCCc1cc(Br)c(C)cc1C. The van der Waals surface area contributed by atoms with Crippen molar-refractivity contribution < 1.29 is 0 Å². The van der Waals surface area contributed by atoms with E-state index in [0.29, 0.717) is 0 Å². The first kappa shape index (κ1) is 10.7. The van der Waals surface area contributed by atoms with Crippen molar-refractivity contribution in [3.8, 4) is 0 Å². The number of aryl methyl sites for hydroxylation is 2. The molecule has 0 radical (unpaired) electrons. The normalized spacial score (nSPS) is 10.5. The Morgan fingerprint density at radius 3 is 2.54 bits per heavy atom. The minimum atomic E-state index is 1.04. The van der Waals surface area contributed by atoms with Gasteiger partial charge >= 0.3 is 0 Å². The van der Waals surface area contributed by atoms with Gasteiger partial charge in [-0.1, -0.05) is 22.0 Å². The highest BCUT2D eigenvalue weighted by Gasteiger charge is 2.01. The van der Waals surface area contributed by atoms with Gasteiger partial charge in [0.15, 0.2) is 0 Å². The van der Waals surface area contributed by atoms with E-state index in [1.807, 2.05) is 7.05 Å². The summed E-state index contributed by atoms with van der Waals surface area (Å²) in [5.74, 6) is 0. The van der Waals surface area contributed by atoms with Gasteiger partial charge in [0, 0.05) is 4.47 Å². The van der Waals surface area contributed by atoms with Crippen LogP contribution >= 0.6 is 15.9 Å². The standard InChI is InChI=1S/C11H16BrN/c1-8-6-9(2)11(12)7-10(8)4-5-13-3/h6-7,13H,4-5H2,1-3H3. The molecule has 2 heteroatoms. The van der Waals surface area contributed by atoms with E-state index in [0.717, 1.165) is 13.0 Å². The maximum absolute atomic E-state index is 3.55. The molecule has 0 spiro atoms. The minimum Gasteiger partial charge on any atom is -0.319 e. The summed E-state index contributed by atoms with van der Waals surface area (Å²) in [4.78, 5) is 0. The quantitative estimate of drug-likeness (QED) is 0.859. The zero-order chi connectivity index (χ0) is 9.84. The molecule has 0 fully saturated rings. The van der Waals surface area contributed by atoms with Crippen LogP contribution in [-0.4, -0.2) is 13.6 Å². The molecule has 1 N–H and O–H groups in total. The number of hydrogen-bond donors (Lipinski definition) is 1. The van der Waals surface area contributed by atoms with Crippen molar-refractivity contribution in [2.24, 2.45) is 0 Å². The van der Waals surface area contributed by atoms with E-state index < -0.39 is 0 Å². The van der Waals surface area contributed by atoms with Crippen LogP contribution < -0.4 is 5.32 Å². The molecule has 1 nitrogen and oxygen atoms in total. The summed E-state index contributed by atoms with van der Waals surface area (Å²) in [6.45, 7) is 5.33. The summed E-state index contributed by atoms with van der Waals surface area (Å²) in [6, 6.07) is 4.46. The lowest BCUT2D eigenvalue weighted by Crippen LogP contribution is -2.11. The third-order valence-corrected chi connectivity index (χ3v) is 3.12. The van der Waals surface area contributed by atoms with Gasteiger partial charge in [-0.3, -0.25) is 0 Å². The molecule has 0 aromatic heterocycles. The molecule has 0 amide bonds. The minimum absolute atomic E-state index is 1.04. The molecular formula is C11H16BrN. The molecule has 0 heterocycles. The van der Waals surface area contributed by atoms with Crippen LogP contribution in [0.15, 0.2) is 16.6 Å². The number of benzene rings is 1. The molecular weight excluding hydrogens is 226 g/mol. The van der Waals surface area contributed by atoms with E-state index in [9.17, 15) is 0 Å². The Labute approximate surface area is 88.7 Å². The Morgan fingerprint density at radius 1 is 1.23 bits per heavy atom. The molecule has 0 saturated heterocycles. The zero-order valence-corrected chi connectivity index (χ0v) is 10.0. The van der Waals surface area contributed by atoms with Gasteiger partial charge in [-0.15, -0.1) is 0 Å². The van der Waals surface area contributed by atoms with Crippen LogP contribution in [0.5, 0.6) is 0 Å². The second kappa shape index (κ2) is 4.77. The maximum Gasteiger partial charge on any atom is 0.0207 e. The summed E-state index contributed by atoms with van der Waals surface area (Å²) >= 11 is 3.55. The number of rotatable bonds is 3. The average molecular weight is 242 g/mol. The summed E-state index contributed by atoms with van der Waals surface area (Å²) in [6.07, 6.45) is 1.10. The number of hydrogen-bond acceptors (Lipinski definition) is 1. The first-order valence-electron chi connectivity index (χ1n) is 4.55. The molecule has 1 aromatic rings. The van der Waals surface area contributed by atoms with E-state index in [-0.39, 0.29) is 0 Å². The Bertz CT molecular complexity index is 294. The van der Waals surface area contributed by atoms with Gasteiger partial charge in [0.05, 0.1) is 0 Å². The van der Waals surface area contributed by atoms with Crippen molar-refractivity contribution in [3.05, 3.63) is 33.3 Å². The van der Waals surface area contributed by atoms with Crippen LogP contribution in [-0.2, 0) is 6.42 Å². The van der Waals surface area contributed by atoms with Crippen molar-refractivity contribution in [2.75, 3.05) is 13.6 Å². The van der Waals surface area contributed by atoms with Crippen molar-refractivity contribution in [1.82, 2.24) is 5.32 Å². The fourth-order valence-electron chi connectivity index (χ4n) is 1.40. The van der Waals surface area contributed by atoms with E-state index in [4.69, 9.17) is 0 Å². The Hall–Kier alpha value is -0.340. The molecule has 72 valence electrons. The summed E-state index contributed by atoms with van der Waals surface area (Å²) in [7, 11) is 1.98. The fraction of sp³-hybridized carbons (Fsp3) is 0.455. The maximum atomic E-state index is 3.55. The molecule has 0 aliphatic heterocycles. The van der Waals surface area contributed by atoms with Crippen molar-refractivity contribution in [1.29, 1.82) is 0 Å². The molecule has 13 heavy (non-hydrogen) atoms. The van der Waals surface area contributed by atoms with Gasteiger partial charge in [0.2, 0.25) is 0 Å². The van der Waals surface area contributed by atoms with E-state index >= 15 is 0 Å². The van der Waals surface area contributed by atoms with Crippen LogP contribution in [0.4, 0.5) is 0 Å². The predicted molar refractivity (Wildman–Crippen MR) is 61.2 cm³/mol. The molecule has 1 rings (SSSR count). The van der Waals surface area contributed by atoms with Crippen molar-refractivity contribution in [3.63, 3.8) is 0 Å². The lowest BCUT2D eigenvalue weighted by atomic mass is 10.0. The topological polar surface area (TPSA) is 12.0 Å². The van der Waals surface area contributed by atoms with Crippen LogP contribution in [0.1, 0.15) is 16.7 Å². The monoisotopic (exact) mass is 241 g/mol. The third kappa shape index (κ3) is 2.82. The molecule has 0 bridgehead atoms. The van der Waals surface area contributed by atoms with Crippen LogP contribution in [0.2, 0.25) is 0 Å². The highest BCUT2D eigenvalue weighted by Crippen LogP contribution is 2.21. The van der Waals surface area contributed by atoms with E-state index in [1.54, 1.807) is 0 Å². The van der Waals surface area contributed by atoms with Crippen molar-refractivity contribution >= 4 is 15.9 Å². The molecule has 0 unspecified atom stereocenters. The second-order valence-corrected chi connectivity index (χ2v) is 4.24. The fourth-order valence-corrected chi connectivity index (χ4v) is 1.79. The smallest absolute Gasteiger partial charge is 0.0207 e. The highest BCUT2D eigenvalue weighted by molar-refractivity contribution is 9.10. The average Bonchev–Trinajstić information content (AvgIpc) is 2.09. The molecule has 1 aromatic carbocycles. The number of nitrogens with one attached hydrogen (secondary N) is 1. The van der Waals surface area contributed by atoms with Gasteiger partial charge in [0.1, 0.15) is 0 Å². The molecule has 0 atom stereocenters. The van der Waals surface area contributed by atoms with Gasteiger partial charge in [0.25, 0.3) is 0 Å². The third-order valence-electron chi connectivity index (χ3n) is 2.26. The summed E-state index contributed by atoms with van der Waals surface area (Å²) in [5.41, 5.74) is 4.12. The predicted octanol–water partition coefficient (Wildman–Crippen LogP) is 2.83. The van der Waals surface area contributed by atoms with Crippen LogP contribution in [0, 0.1) is 13.8 Å². The number of likely N-dealkylation sites (N-methyl/N-ethyl adjacent to an activating group) is 1. The lowest BCUT2D eigenvalue weighted by molar-refractivity contribution is 0.788. The highest BCUT2D eigenvalue weighted by atomic mass is 79.9. The lowest BCUT2D eigenvalue weighted by Gasteiger charge is -2.08. The summed E-state index contributed by atoms with van der Waals surface area (Å²) in [5, 5.41) is 3.16. The first-order valence-corrected chi connectivity index (χ1v) is 5.34. The van der Waals surface area contributed by atoms with Crippen LogP contribution in [0.3, 0.4) is 0 Å². The molecule has 0 aliphatic carbocycles. The second-order valence-electron chi connectivity index (χ2n) is 3.38. The largest absolute Gasteiger partial charge is 0.319 e. The van der Waals surface area contributed by atoms with Gasteiger partial charge in [-0.05, 0) is 56.6 Å². The Balaban J connectivity index is 2.88. The van der Waals surface area contributed by atoms with E-state index in [2.05, 4.69) is 47.2 Å². The van der Waals surface area contributed by atoms with Crippen LogP contribution in [0.25, 0.3) is 0 Å². The summed E-state index contributed by atoms with van der Waals surface area (Å²) < 4.78 is 1.21. The van der Waals surface area contributed by atoms with Gasteiger partial charge in [-0.25, -0.2) is 0 Å². The van der Waals surface area contributed by atoms with Crippen molar-refractivity contribution in [2.45, 2.75) is 20.3 Å². The number of halogens is 1.